The van der Waals surface area contributed by atoms with Crippen molar-refractivity contribution in [1.82, 2.24) is 24.1 Å². The molecule has 0 aliphatic rings. The highest BCUT2D eigenvalue weighted by Gasteiger charge is 2.09. The van der Waals surface area contributed by atoms with Gasteiger partial charge in [0.1, 0.15) is 12.1 Å². The number of aromatic nitrogens is 5. The summed E-state index contributed by atoms with van der Waals surface area (Å²) in [5.74, 6) is 0.271. The number of nitrogens with one attached hydrogen (secondary N) is 2. The number of aryl methyl sites for hydroxylation is 1. The van der Waals surface area contributed by atoms with Crippen molar-refractivity contribution in [3.05, 3.63) is 85.6 Å². The second-order valence-corrected chi connectivity index (χ2v) is 6.51. The molecule has 0 saturated heterocycles. The molecular formula is C21H19N7O2. The third kappa shape index (κ3) is 4.76. The van der Waals surface area contributed by atoms with E-state index < -0.39 is 0 Å². The maximum Gasteiger partial charge on any atom is 0.255 e. The number of amides is 2. The molecule has 1 aromatic carbocycles. The van der Waals surface area contributed by atoms with E-state index in [0.717, 1.165) is 0 Å². The zero-order valence-corrected chi connectivity index (χ0v) is 16.0. The Morgan fingerprint density at radius 2 is 1.80 bits per heavy atom. The van der Waals surface area contributed by atoms with Crippen LogP contribution in [0.1, 0.15) is 16.8 Å². The van der Waals surface area contributed by atoms with Crippen LogP contribution in [-0.4, -0.2) is 35.9 Å². The normalized spacial score (nSPS) is 10.5. The number of benzene rings is 1. The zero-order valence-electron chi connectivity index (χ0n) is 16.0. The Bertz CT molecular complexity index is 1120. The standard InChI is InChI=1S/C21H19N7O2/c29-20(6-9-27-10-7-22-14-27)25-17-3-1-2-16(12-17)21(30)26-18-4-5-19(24-13-18)28-11-8-23-15-28/h1-5,7-8,10-15H,6,9H2,(H,25,29)(H,26,30). The highest BCUT2D eigenvalue weighted by molar-refractivity contribution is 6.05. The topological polar surface area (TPSA) is 107 Å². The van der Waals surface area contributed by atoms with E-state index in [-0.39, 0.29) is 11.8 Å². The number of hydrogen-bond acceptors (Lipinski definition) is 5. The SMILES string of the molecule is O=C(CCn1ccnc1)Nc1cccc(C(=O)Nc2ccc(-n3ccnc3)nc2)c1. The van der Waals surface area contributed by atoms with E-state index in [2.05, 4.69) is 25.6 Å². The summed E-state index contributed by atoms with van der Waals surface area (Å²) in [5, 5.41) is 5.62. The second kappa shape index (κ2) is 8.82. The van der Waals surface area contributed by atoms with Crippen molar-refractivity contribution in [1.29, 1.82) is 0 Å². The molecule has 0 spiro atoms. The van der Waals surface area contributed by atoms with Crippen molar-refractivity contribution in [2.24, 2.45) is 0 Å². The largest absolute Gasteiger partial charge is 0.337 e. The molecule has 0 atom stereocenters. The summed E-state index contributed by atoms with van der Waals surface area (Å²) in [4.78, 5) is 37.0. The Hall–Kier alpha value is -4.27. The van der Waals surface area contributed by atoms with Crippen molar-refractivity contribution in [2.45, 2.75) is 13.0 Å². The third-order valence-electron chi connectivity index (χ3n) is 4.34. The van der Waals surface area contributed by atoms with Crippen molar-refractivity contribution >= 4 is 23.2 Å². The number of carbonyl (C=O) groups excluding carboxylic acids is 2. The first-order valence-corrected chi connectivity index (χ1v) is 9.29. The average molecular weight is 401 g/mol. The van der Waals surface area contributed by atoms with E-state index in [4.69, 9.17) is 0 Å². The van der Waals surface area contributed by atoms with E-state index in [1.165, 1.54) is 0 Å². The van der Waals surface area contributed by atoms with E-state index in [1.54, 1.807) is 84.6 Å². The van der Waals surface area contributed by atoms with Gasteiger partial charge in [-0.25, -0.2) is 15.0 Å². The smallest absolute Gasteiger partial charge is 0.255 e. The van der Waals surface area contributed by atoms with Crippen molar-refractivity contribution in [2.75, 3.05) is 10.6 Å². The summed E-state index contributed by atoms with van der Waals surface area (Å²) >= 11 is 0. The Labute approximate surface area is 172 Å². The number of nitrogens with zero attached hydrogens (tertiary/aromatic N) is 5. The average Bonchev–Trinajstić information content (AvgIpc) is 3.47. The van der Waals surface area contributed by atoms with E-state index in [1.807, 2.05) is 4.57 Å². The van der Waals surface area contributed by atoms with E-state index >= 15 is 0 Å². The number of hydrogen-bond donors (Lipinski definition) is 2. The van der Waals surface area contributed by atoms with Gasteiger partial charge in [-0.3, -0.25) is 14.2 Å². The third-order valence-corrected chi connectivity index (χ3v) is 4.34. The summed E-state index contributed by atoms with van der Waals surface area (Å²) in [7, 11) is 0. The van der Waals surface area contributed by atoms with Crippen LogP contribution in [0, 0.1) is 0 Å². The summed E-state index contributed by atoms with van der Waals surface area (Å²) in [6.45, 7) is 0.536. The maximum atomic E-state index is 12.6. The minimum absolute atomic E-state index is 0.138. The van der Waals surface area contributed by atoms with Crippen LogP contribution >= 0.6 is 0 Å². The molecule has 3 heterocycles. The molecule has 3 aromatic heterocycles. The molecule has 0 unspecified atom stereocenters. The van der Waals surface area contributed by atoms with Gasteiger partial charge < -0.3 is 15.2 Å². The van der Waals surface area contributed by atoms with Crippen LogP contribution in [0.15, 0.2) is 80.0 Å². The monoisotopic (exact) mass is 401 g/mol. The fraction of sp³-hybridized carbons (Fsp3) is 0.0952. The van der Waals surface area contributed by atoms with Crippen LogP contribution in [0.4, 0.5) is 11.4 Å². The van der Waals surface area contributed by atoms with Gasteiger partial charge in [0.2, 0.25) is 5.91 Å². The lowest BCUT2D eigenvalue weighted by Crippen LogP contribution is -2.16. The van der Waals surface area contributed by atoms with Crippen LogP contribution in [0.3, 0.4) is 0 Å². The van der Waals surface area contributed by atoms with Gasteiger partial charge in [0.15, 0.2) is 0 Å². The fourth-order valence-electron chi connectivity index (χ4n) is 2.82. The molecule has 0 saturated carbocycles. The molecule has 9 heteroatoms. The molecule has 0 fully saturated rings. The predicted molar refractivity (Wildman–Crippen MR) is 111 cm³/mol. The lowest BCUT2D eigenvalue weighted by Gasteiger charge is -2.09. The number of pyridine rings is 1. The summed E-state index contributed by atoms with van der Waals surface area (Å²) in [6, 6.07) is 10.3. The van der Waals surface area contributed by atoms with Crippen molar-refractivity contribution in [3.8, 4) is 5.82 Å². The summed E-state index contributed by atoms with van der Waals surface area (Å²) in [5.41, 5.74) is 1.56. The lowest BCUT2D eigenvalue weighted by molar-refractivity contribution is -0.116. The van der Waals surface area contributed by atoms with Crippen molar-refractivity contribution in [3.63, 3.8) is 0 Å². The Morgan fingerprint density at radius 1 is 0.933 bits per heavy atom. The number of anilines is 2. The first-order chi connectivity index (χ1) is 14.7. The van der Waals surface area contributed by atoms with Gasteiger partial charge in [0.25, 0.3) is 5.91 Å². The van der Waals surface area contributed by atoms with Crippen LogP contribution in [-0.2, 0) is 11.3 Å². The molecule has 0 aliphatic carbocycles. The summed E-state index contributed by atoms with van der Waals surface area (Å²) in [6.07, 6.45) is 12.1. The molecule has 150 valence electrons. The first kappa shape index (κ1) is 19.1. The number of carbonyl (C=O) groups is 2. The number of imidazole rings is 2. The maximum absolute atomic E-state index is 12.6. The molecular weight excluding hydrogens is 382 g/mol. The molecule has 9 nitrogen and oxygen atoms in total. The quantitative estimate of drug-likeness (QED) is 0.495. The Kier molecular flexibility index (Phi) is 5.61. The van der Waals surface area contributed by atoms with E-state index in [9.17, 15) is 9.59 Å². The molecule has 0 aliphatic heterocycles. The highest BCUT2D eigenvalue weighted by Crippen LogP contribution is 2.15. The lowest BCUT2D eigenvalue weighted by atomic mass is 10.2. The van der Waals surface area contributed by atoms with E-state index in [0.29, 0.717) is 35.7 Å². The minimum atomic E-state index is -0.290. The van der Waals surface area contributed by atoms with Crippen molar-refractivity contribution < 1.29 is 9.59 Å². The summed E-state index contributed by atoms with van der Waals surface area (Å²) < 4.78 is 3.60. The second-order valence-electron chi connectivity index (χ2n) is 6.51. The highest BCUT2D eigenvalue weighted by atomic mass is 16.2. The van der Waals surface area contributed by atoms with Crippen LogP contribution < -0.4 is 10.6 Å². The van der Waals surface area contributed by atoms with Gasteiger partial charge >= 0.3 is 0 Å². The fourth-order valence-corrected chi connectivity index (χ4v) is 2.82. The van der Waals surface area contributed by atoms with Gasteiger partial charge in [-0.2, -0.15) is 0 Å². The van der Waals surface area contributed by atoms with Gasteiger partial charge in [-0.15, -0.1) is 0 Å². The Morgan fingerprint density at radius 3 is 2.53 bits per heavy atom. The first-order valence-electron chi connectivity index (χ1n) is 9.29. The molecule has 0 radical (unpaired) electrons. The molecule has 2 N–H and O–H groups in total. The Balaban J connectivity index is 1.35. The van der Waals surface area contributed by atoms with Crippen LogP contribution in [0.2, 0.25) is 0 Å². The minimum Gasteiger partial charge on any atom is -0.337 e. The van der Waals surface area contributed by atoms with Crippen LogP contribution in [0.25, 0.3) is 5.82 Å². The van der Waals surface area contributed by atoms with Gasteiger partial charge in [-0.1, -0.05) is 6.07 Å². The molecule has 30 heavy (non-hydrogen) atoms. The van der Waals surface area contributed by atoms with Gasteiger partial charge in [0, 0.05) is 49.0 Å². The predicted octanol–water partition coefficient (Wildman–Crippen LogP) is 2.74. The van der Waals surface area contributed by atoms with Crippen LogP contribution in [0.5, 0.6) is 0 Å². The number of rotatable bonds is 7. The van der Waals surface area contributed by atoms with Gasteiger partial charge in [0.05, 0.1) is 18.2 Å². The van der Waals surface area contributed by atoms with Gasteiger partial charge in [-0.05, 0) is 30.3 Å². The molecule has 2 amide bonds. The molecule has 4 rings (SSSR count). The zero-order chi connectivity index (χ0) is 20.8. The molecule has 4 aromatic rings. The molecule has 0 bridgehead atoms.